The first-order chi connectivity index (χ1) is 11.8. The van der Waals surface area contributed by atoms with Gasteiger partial charge in [0.25, 0.3) is 0 Å². The van der Waals surface area contributed by atoms with Crippen LogP contribution in [0.25, 0.3) is 0 Å². The maximum Gasteiger partial charge on any atom is 0.228 e. The molecule has 1 aromatic rings. The zero-order chi connectivity index (χ0) is 16.4. The van der Waals surface area contributed by atoms with E-state index >= 15 is 0 Å². The molecule has 0 aromatic carbocycles. The second-order valence-corrected chi connectivity index (χ2v) is 6.96. The Labute approximate surface area is 142 Å². The smallest absolute Gasteiger partial charge is 0.228 e. The van der Waals surface area contributed by atoms with E-state index in [1.165, 1.54) is 0 Å². The predicted molar refractivity (Wildman–Crippen MR) is 86.6 cm³/mol. The van der Waals surface area contributed by atoms with E-state index < -0.39 is 0 Å². The van der Waals surface area contributed by atoms with Crippen molar-refractivity contribution in [3.05, 3.63) is 24.4 Å². The maximum atomic E-state index is 12.4. The summed E-state index contributed by atoms with van der Waals surface area (Å²) >= 11 is 0. The summed E-state index contributed by atoms with van der Waals surface area (Å²) < 4.78 is 17.1. The van der Waals surface area contributed by atoms with Crippen LogP contribution in [-0.4, -0.2) is 60.9 Å². The van der Waals surface area contributed by atoms with Gasteiger partial charge < -0.3 is 19.1 Å². The summed E-state index contributed by atoms with van der Waals surface area (Å²) in [5.74, 6) is 1.40. The molecule has 130 valence electrons. The molecule has 0 saturated carbocycles. The highest BCUT2D eigenvalue weighted by atomic mass is 16.5. The predicted octanol–water partition coefficient (Wildman–Crippen LogP) is 1.50. The van der Waals surface area contributed by atoms with Crippen LogP contribution in [0.1, 0.15) is 19.3 Å². The van der Waals surface area contributed by atoms with Gasteiger partial charge in [-0.3, -0.25) is 4.79 Å². The second-order valence-electron chi connectivity index (χ2n) is 6.96. The molecule has 0 bridgehead atoms. The number of aromatic nitrogens is 1. The number of amides is 1. The molecular weight excluding hydrogens is 308 g/mol. The Kier molecular flexibility index (Phi) is 4.41. The van der Waals surface area contributed by atoms with Crippen LogP contribution in [0.5, 0.6) is 5.88 Å². The lowest BCUT2D eigenvalue weighted by atomic mass is 9.78. The Bertz CT molecular complexity index is 568. The SMILES string of the molecule is O=C([C@H]1CCOC1)N1CC2(C1)OCC[C@H]2CCOc1ccccn1. The van der Waals surface area contributed by atoms with Gasteiger partial charge in [0.2, 0.25) is 11.8 Å². The summed E-state index contributed by atoms with van der Waals surface area (Å²) in [7, 11) is 0. The molecule has 0 aliphatic carbocycles. The van der Waals surface area contributed by atoms with E-state index in [1.807, 2.05) is 23.1 Å². The minimum absolute atomic E-state index is 0.0506. The number of nitrogens with zero attached hydrogens (tertiary/aromatic N) is 2. The molecule has 0 radical (unpaired) electrons. The molecule has 6 nitrogen and oxygen atoms in total. The standard InChI is InChI=1S/C18H24N2O4/c21-17(14-4-8-22-11-14)20-12-18(13-20)15(6-10-24-18)5-9-23-16-3-1-2-7-19-16/h1-3,7,14-15H,4-6,8-13H2/t14-,15+/m0/s1. The molecule has 1 aromatic heterocycles. The third kappa shape index (κ3) is 3.00. The van der Waals surface area contributed by atoms with Gasteiger partial charge in [-0.15, -0.1) is 0 Å². The molecule has 2 atom stereocenters. The lowest BCUT2D eigenvalue weighted by Crippen LogP contribution is -2.67. The van der Waals surface area contributed by atoms with Gasteiger partial charge in [0, 0.05) is 25.5 Å². The Morgan fingerprint density at radius 2 is 2.25 bits per heavy atom. The number of ether oxygens (including phenoxy) is 3. The molecule has 0 unspecified atom stereocenters. The van der Waals surface area contributed by atoms with Crippen LogP contribution in [0.4, 0.5) is 0 Å². The molecule has 1 amide bonds. The van der Waals surface area contributed by atoms with Crippen molar-refractivity contribution in [2.24, 2.45) is 11.8 Å². The Morgan fingerprint density at radius 1 is 1.33 bits per heavy atom. The van der Waals surface area contributed by atoms with E-state index in [4.69, 9.17) is 14.2 Å². The molecule has 4 heterocycles. The Hall–Kier alpha value is -1.66. The summed E-state index contributed by atoms with van der Waals surface area (Å²) in [4.78, 5) is 18.5. The summed E-state index contributed by atoms with van der Waals surface area (Å²) in [6.07, 6.45) is 4.56. The van der Waals surface area contributed by atoms with E-state index in [2.05, 4.69) is 4.98 Å². The van der Waals surface area contributed by atoms with Crippen molar-refractivity contribution >= 4 is 5.91 Å². The largest absolute Gasteiger partial charge is 0.478 e. The van der Waals surface area contributed by atoms with Crippen LogP contribution in [-0.2, 0) is 14.3 Å². The molecule has 3 aliphatic heterocycles. The topological polar surface area (TPSA) is 60.9 Å². The summed E-state index contributed by atoms with van der Waals surface area (Å²) in [5.41, 5.74) is -0.150. The number of carbonyl (C=O) groups excluding carboxylic acids is 1. The van der Waals surface area contributed by atoms with Crippen LogP contribution < -0.4 is 4.74 Å². The molecule has 1 spiro atoms. The van der Waals surface area contributed by atoms with Gasteiger partial charge in [-0.25, -0.2) is 4.98 Å². The highest BCUT2D eigenvalue weighted by Crippen LogP contribution is 2.42. The van der Waals surface area contributed by atoms with Gasteiger partial charge in [-0.05, 0) is 31.2 Å². The van der Waals surface area contributed by atoms with Crippen LogP contribution >= 0.6 is 0 Å². The first-order valence-corrected chi connectivity index (χ1v) is 8.81. The maximum absolute atomic E-state index is 12.4. The Balaban J connectivity index is 1.27. The average Bonchev–Trinajstić information content (AvgIpc) is 3.24. The first-order valence-electron chi connectivity index (χ1n) is 8.81. The minimum atomic E-state index is -0.150. The number of rotatable bonds is 5. The highest BCUT2D eigenvalue weighted by Gasteiger charge is 2.54. The second kappa shape index (κ2) is 6.69. The molecule has 3 fully saturated rings. The monoisotopic (exact) mass is 332 g/mol. The van der Waals surface area contributed by atoms with E-state index in [1.54, 1.807) is 6.20 Å². The van der Waals surface area contributed by atoms with Crippen LogP contribution in [0.2, 0.25) is 0 Å². The zero-order valence-corrected chi connectivity index (χ0v) is 13.9. The van der Waals surface area contributed by atoms with Gasteiger partial charge in [-0.2, -0.15) is 0 Å². The van der Waals surface area contributed by atoms with Gasteiger partial charge in [0.05, 0.1) is 32.2 Å². The van der Waals surface area contributed by atoms with Gasteiger partial charge in [0.1, 0.15) is 5.60 Å². The zero-order valence-electron chi connectivity index (χ0n) is 13.9. The third-order valence-electron chi connectivity index (χ3n) is 5.46. The fourth-order valence-corrected chi connectivity index (χ4v) is 4.02. The van der Waals surface area contributed by atoms with E-state index in [0.717, 1.165) is 39.0 Å². The summed E-state index contributed by atoms with van der Waals surface area (Å²) in [6, 6.07) is 5.67. The molecule has 3 saturated heterocycles. The number of hydrogen-bond acceptors (Lipinski definition) is 5. The molecule has 0 N–H and O–H groups in total. The van der Waals surface area contributed by atoms with E-state index in [0.29, 0.717) is 31.6 Å². The molecule has 6 heteroatoms. The van der Waals surface area contributed by atoms with Crippen molar-refractivity contribution in [3.8, 4) is 5.88 Å². The molecule has 24 heavy (non-hydrogen) atoms. The quantitative estimate of drug-likeness (QED) is 0.818. The first kappa shape index (κ1) is 15.8. The van der Waals surface area contributed by atoms with Crippen molar-refractivity contribution in [1.29, 1.82) is 0 Å². The fraction of sp³-hybridized carbons (Fsp3) is 0.667. The van der Waals surface area contributed by atoms with E-state index in [9.17, 15) is 4.79 Å². The number of pyridine rings is 1. The van der Waals surface area contributed by atoms with Crippen molar-refractivity contribution in [1.82, 2.24) is 9.88 Å². The fourth-order valence-electron chi connectivity index (χ4n) is 4.02. The number of likely N-dealkylation sites (tertiary alicyclic amines) is 1. The number of hydrogen-bond donors (Lipinski definition) is 0. The molecule has 4 rings (SSSR count). The third-order valence-corrected chi connectivity index (χ3v) is 5.46. The lowest BCUT2D eigenvalue weighted by Gasteiger charge is -2.50. The van der Waals surface area contributed by atoms with Crippen LogP contribution in [0.15, 0.2) is 24.4 Å². The van der Waals surface area contributed by atoms with Crippen LogP contribution in [0, 0.1) is 11.8 Å². The number of carbonyl (C=O) groups is 1. The van der Waals surface area contributed by atoms with Crippen molar-refractivity contribution in [2.45, 2.75) is 24.9 Å². The molecule has 3 aliphatic rings. The molecular formula is C18H24N2O4. The van der Waals surface area contributed by atoms with Gasteiger partial charge in [-0.1, -0.05) is 6.07 Å². The highest BCUT2D eigenvalue weighted by molar-refractivity contribution is 5.80. The van der Waals surface area contributed by atoms with E-state index in [-0.39, 0.29) is 17.4 Å². The van der Waals surface area contributed by atoms with Crippen LogP contribution in [0.3, 0.4) is 0 Å². The van der Waals surface area contributed by atoms with Crippen molar-refractivity contribution in [3.63, 3.8) is 0 Å². The van der Waals surface area contributed by atoms with Gasteiger partial charge >= 0.3 is 0 Å². The average molecular weight is 332 g/mol. The Morgan fingerprint density at radius 3 is 3.00 bits per heavy atom. The lowest BCUT2D eigenvalue weighted by molar-refractivity contribution is -0.169. The van der Waals surface area contributed by atoms with Crippen molar-refractivity contribution in [2.75, 3.05) is 39.5 Å². The van der Waals surface area contributed by atoms with Crippen molar-refractivity contribution < 1.29 is 19.0 Å². The minimum Gasteiger partial charge on any atom is -0.478 e. The summed E-state index contributed by atoms with van der Waals surface area (Å²) in [6.45, 7) is 4.14. The summed E-state index contributed by atoms with van der Waals surface area (Å²) in [5, 5.41) is 0. The normalized spacial score (nSPS) is 28.1. The van der Waals surface area contributed by atoms with Gasteiger partial charge in [0.15, 0.2) is 0 Å².